The molecule has 0 N–H and O–H groups in total. The summed E-state index contributed by atoms with van der Waals surface area (Å²) < 4.78 is 19.7. The van der Waals surface area contributed by atoms with E-state index < -0.39 is 5.82 Å². The average molecular weight is 406 g/mol. The number of nitrogens with zero attached hydrogens (tertiary/aromatic N) is 4. The van der Waals surface area contributed by atoms with E-state index in [0.717, 1.165) is 48.5 Å². The number of carbonyl (C=O) groups excluding carboxylic acids is 1. The summed E-state index contributed by atoms with van der Waals surface area (Å²) in [5, 5.41) is 4.00. The van der Waals surface area contributed by atoms with E-state index in [1.54, 1.807) is 23.1 Å². The highest BCUT2D eigenvalue weighted by atomic mass is 19.1. The maximum atomic E-state index is 14.2. The Morgan fingerprint density at radius 2 is 2.03 bits per heavy atom. The monoisotopic (exact) mass is 406 g/mol. The molecule has 0 bridgehead atoms. The standard InChI is InChI=1S/C23H23FN4O2/c1-14-11-20(30-27-14)18-12-25-22(15-8-9-15)26-21(18)16-5-4-10-28(13-16)23(29)17-6-2-3-7-19(17)24/h2-3,6-7,11-12,15-16H,4-5,8-10,13H2,1H3. The fourth-order valence-electron chi connectivity index (χ4n) is 4.13. The van der Waals surface area contributed by atoms with Gasteiger partial charge >= 0.3 is 0 Å². The first-order valence-electron chi connectivity index (χ1n) is 10.4. The first-order chi connectivity index (χ1) is 14.6. The fraction of sp³-hybridized carbons (Fsp3) is 0.391. The normalized spacial score (nSPS) is 19.1. The number of aryl methyl sites for hydroxylation is 1. The number of benzene rings is 1. The van der Waals surface area contributed by atoms with E-state index in [1.807, 2.05) is 19.2 Å². The van der Waals surface area contributed by atoms with Gasteiger partial charge in [0.05, 0.1) is 22.5 Å². The van der Waals surface area contributed by atoms with Crippen molar-refractivity contribution in [3.63, 3.8) is 0 Å². The average Bonchev–Trinajstić information content (AvgIpc) is 3.54. The zero-order valence-corrected chi connectivity index (χ0v) is 16.8. The van der Waals surface area contributed by atoms with Gasteiger partial charge < -0.3 is 9.42 Å². The Hall–Kier alpha value is -3.09. The van der Waals surface area contributed by atoms with Gasteiger partial charge in [-0.3, -0.25) is 4.79 Å². The molecule has 1 saturated carbocycles. The van der Waals surface area contributed by atoms with Gasteiger partial charge in [-0.05, 0) is 44.7 Å². The van der Waals surface area contributed by atoms with E-state index in [2.05, 4.69) is 10.1 Å². The Morgan fingerprint density at radius 3 is 2.77 bits per heavy atom. The van der Waals surface area contributed by atoms with E-state index >= 15 is 0 Å². The molecule has 1 aromatic carbocycles. The number of amides is 1. The van der Waals surface area contributed by atoms with E-state index in [4.69, 9.17) is 9.51 Å². The van der Waals surface area contributed by atoms with Crippen LogP contribution in [0.2, 0.25) is 0 Å². The molecule has 3 aromatic rings. The SMILES string of the molecule is Cc1cc(-c2cnc(C3CC3)nc2C2CCCN(C(=O)c3ccccc3F)C2)on1. The van der Waals surface area contributed by atoms with Crippen LogP contribution in [0.15, 0.2) is 41.1 Å². The van der Waals surface area contributed by atoms with Gasteiger partial charge in [-0.1, -0.05) is 17.3 Å². The Labute approximate surface area is 174 Å². The van der Waals surface area contributed by atoms with Gasteiger partial charge in [-0.2, -0.15) is 0 Å². The smallest absolute Gasteiger partial charge is 0.256 e. The third-order valence-electron chi connectivity index (χ3n) is 5.87. The summed E-state index contributed by atoms with van der Waals surface area (Å²) in [4.78, 5) is 24.2. The summed E-state index contributed by atoms with van der Waals surface area (Å²) in [5.41, 5.74) is 2.63. The molecule has 5 rings (SSSR count). The molecule has 1 aliphatic carbocycles. The largest absolute Gasteiger partial charge is 0.356 e. The van der Waals surface area contributed by atoms with Crippen LogP contribution in [0.1, 0.15) is 65.1 Å². The summed E-state index contributed by atoms with van der Waals surface area (Å²) in [5.74, 6) is 1.21. The summed E-state index contributed by atoms with van der Waals surface area (Å²) in [7, 11) is 0. The molecule has 1 unspecified atom stereocenters. The second kappa shape index (κ2) is 7.63. The topological polar surface area (TPSA) is 72.1 Å². The molecule has 1 aliphatic heterocycles. The molecule has 2 aliphatic rings. The number of rotatable bonds is 4. The summed E-state index contributed by atoms with van der Waals surface area (Å²) in [6, 6.07) is 8.03. The number of halogens is 1. The molecule has 0 radical (unpaired) electrons. The van der Waals surface area contributed by atoms with Crippen molar-refractivity contribution in [1.82, 2.24) is 20.0 Å². The van der Waals surface area contributed by atoms with Crippen molar-refractivity contribution < 1.29 is 13.7 Å². The zero-order chi connectivity index (χ0) is 20.7. The lowest BCUT2D eigenvalue weighted by molar-refractivity contribution is 0.0701. The maximum absolute atomic E-state index is 14.2. The predicted molar refractivity (Wildman–Crippen MR) is 109 cm³/mol. The van der Waals surface area contributed by atoms with Gasteiger partial charge in [-0.15, -0.1) is 0 Å². The van der Waals surface area contributed by atoms with Gasteiger partial charge in [0.1, 0.15) is 11.6 Å². The Balaban J connectivity index is 1.47. The van der Waals surface area contributed by atoms with Gasteiger partial charge in [0.25, 0.3) is 5.91 Å². The number of hydrogen-bond donors (Lipinski definition) is 0. The molecule has 3 heterocycles. The van der Waals surface area contributed by atoms with Gasteiger partial charge in [0, 0.05) is 37.2 Å². The summed E-state index contributed by atoms with van der Waals surface area (Å²) >= 11 is 0. The highest BCUT2D eigenvalue weighted by molar-refractivity contribution is 5.94. The minimum Gasteiger partial charge on any atom is -0.356 e. The lowest BCUT2D eigenvalue weighted by Gasteiger charge is -2.33. The van der Waals surface area contributed by atoms with Crippen LogP contribution >= 0.6 is 0 Å². The van der Waals surface area contributed by atoms with Crippen LogP contribution in [0.4, 0.5) is 4.39 Å². The third kappa shape index (κ3) is 3.60. The van der Waals surface area contributed by atoms with E-state index in [9.17, 15) is 9.18 Å². The van der Waals surface area contributed by atoms with Crippen molar-refractivity contribution in [1.29, 1.82) is 0 Å². The highest BCUT2D eigenvalue weighted by Crippen LogP contribution is 2.40. The van der Waals surface area contributed by atoms with Crippen LogP contribution in [0.5, 0.6) is 0 Å². The Morgan fingerprint density at radius 1 is 1.20 bits per heavy atom. The van der Waals surface area contributed by atoms with Crippen LogP contribution in [-0.2, 0) is 0 Å². The molecule has 154 valence electrons. The van der Waals surface area contributed by atoms with Crippen molar-refractivity contribution in [3.8, 4) is 11.3 Å². The quantitative estimate of drug-likeness (QED) is 0.639. The molecular formula is C23H23FN4O2. The minimum absolute atomic E-state index is 0.0374. The zero-order valence-electron chi connectivity index (χ0n) is 16.8. The number of likely N-dealkylation sites (tertiary alicyclic amines) is 1. The Bertz CT molecular complexity index is 1090. The summed E-state index contributed by atoms with van der Waals surface area (Å²) in [6.45, 7) is 2.98. The van der Waals surface area contributed by atoms with Crippen LogP contribution in [-0.4, -0.2) is 39.0 Å². The first-order valence-corrected chi connectivity index (χ1v) is 10.4. The molecule has 1 amide bonds. The highest BCUT2D eigenvalue weighted by Gasteiger charge is 2.32. The van der Waals surface area contributed by atoms with Gasteiger partial charge in [0.2, 0.25) is 0 Å². The second-order valence-corrected chi connectivity index (χ2v) is 8.20. The third-order valence-corrected chi connectivity index (χ3v) is 5.87. The summed E-state index contributed by atoms with van der Waals surface area (Å²) in [6.07, 6.45) is 5.80. The lowest BCUT2D eigenvalue weighted by atomic mass is 9.90. The van der Waals surface area contributed by atoms with Crippen molar-refractivity contribution in [2.45, 2.75) is 44.4 Å². The van der Waals surface area contributed by atoms with Crippen molar-refractivity contribution >= 4 is 5.91 Å². The molecular weight excluding hydrogens is 383 g/mol. The van der Waals surface area contributed by atoms with E-state index in [-0.39, 0.29) is 17.4 Å². The fourth-order valence-corrected chi connectivity index (χ4v) is 4.13. The van der Waals surface area contributed by atoms with Crippen LogP contribution in [0, 0.1) is 12.7 Å². The second-order valence-electron chi connectivity index (χ2n) is 8.20. The van der Waals surface area contributed by atoms with E-state index in [1.165, 1.54) is 6.07 Å². The van der Waals surface area contributed by atoms with Crippen molar-refractivity contribution in [2.75, 3.05) is 13.1 Å². The van der Waals surface area contributed by atoms with Gasteiger partial charge in [-0.25, -0.2) is 14.4 Å². The van der Waals surface area contributed by atoms with Crippen LogP contribution in [0.3, 0.4) is 0 Å². The Kier molecular flexibility index (Phi) is 4.81. The molecule has 0 spiro atoms. The number of piperidine rings is 1. The van der Waals surface area contributed by atoms with Crippen molar-refractivity contribution in [2.24, 2.45) is 0 Å². The minimum atomic E-state index is -0.486. The molecule has 6 nitrogen and oxygen atoms in total. The molecule has 2 fully saturated rings. The predicted octanol–water partition coefficient (Wildman–Crippen LogP) is 4.48. The molecule has 7 heteroatoms. The molecule has 1 saturated heterocycles. The first kappa shape index (κ1) is 18.9. The lowest BCUT2D eigenvalue weighted by Crippen LogP contribution is -2.39. The van der Waals surface area contributed by atoms with Crippen LogP contribution < -0.4 is 0 Å². The van der Waals surface area contributed by atoms with Gasteiger partial charge in [0.15, 0.2) is 5.76 Å². The number of hydrogen-bond acceptors (Lipinski definition) is 5. The van der Waals surface area contributed by atoms with Crippen molar-refractivity contribution in [3.05, 3.63) is 65.1 Å². The molecule has 1 atom stereocenters. The van der Waals surface area contributed by atoms with Crippen LogP contribution in [0.25, 0.3) is 11.3 Å². The van der Waals surface area contributed by atoms with E-state index in [0.29, 0.717) is 24.8 Å². The number of aromatic nitrogens is 3. The molecule has 2 aromatic heterocycles. The number of carbonyl (C=O) groups is 1. The maximum Gasteiger partial charge on any atom is 0.256 e. The molecule has 30 heavy (non-hydrogen) atoms.